The zero-order valence-electron chi connectivity index (χ0n) is 12.5. The number of para-hydroxylation sites is 1. The molecular formula is C16H20N2O3. The number of hydrogen-bond acceptors (Lipinski definition) is 3. The predicted molar refractivity (Wildman–Crippen MR) is 81.1 cm³/mol. The van der Waals surface area contributed by atoms with Gasteiger partial charge in [-0.15, -0.1) is 0 Å². The maximum absolute atomic E-state index is 10.6. The van der Waals surface area contributed by atoms with Crippen LogP contribution in [-0.4, -0.2) is 22.6 Å². The molecule has 1 aliphatic heterocycles. The summed E-state index contributed by atoms with van der Waals surface area (Å²) in [4.78, 5) is 10.3. The summed E-state index contributed by atoms with van der Waals surface area (Å²) in [7, 11) is 0. The van der Waals surface area contributed by atoms with Crippen molar-refractivity contribution < 1.29 is 9.66 Å². The summed E-state index contributed by atoms with van der Waals surface area (Å²) >= 11 is 0. The molecule has 3 rings (SSSR count). The number of aromatic nitrogens is 1. The Kier molecular flexibility index (Phi) is 3.45. The van der Waals surface area contributed by atoms with E-state index in [4.69, 9.17) is 4.74 Å². The molecule has 1 aliphatic rings. The third-order valence-corrected chi connectivity index (χ3v) is 4.45. The quantitative estimate of drug-likeness (QED) is 0.641. The number of hydrogen-bond donors (Lipinski definition) is 0. The summed E-state index contributed by atoms with van der Waals surface area (Å²) in [6.07, 6.45) is 1.20. The molecule has 5 nitrogen and oxygen atoms in total. The average Bonchev–Trinajstić information content (AvgIpc) is 2.74. The topological polar surface area (TPSA) is 57.3 Å². The van der Waals surface area contributed by atoms with Crippen molar-refractivity contribution in [3.63, 3.8) is 0 Å². The Morgan fingerprint density at radius 2 is 2.19 bits per heavy atom. The monoisotopic (exact) mass is 288 g/mol. The zero-order valence-corrected chi connectivity index (χ0v) is 12.5. The van der Waals surface area contributed by atoms with Gasteiger partial charge in [0.25, 0.3) is 0 Å². The lowest BCUT2D eigenvalue weighted by Crippen LogP contribution is -2.36. The fourth-order valence-electron chi connectivity index (χ4n) is 3.56. The summed E-state index contributed by atoms with van der Waals surface area (Å²) in [6, 6.07) is 8.36. The van der Waals surface area contributed by atoms with Gasteiger partial charge in [0.1, 0.15) is 5.60 Å². The van der Waals surface area contributed by atoms with Crippen molar-refractivity contribution >= 4 is 10.9 Å². The lowest BCUT2D eigenvalue weighted by molar-refractivity contribution is -0.481. The first kappa shape index (κ1) is 14.1. The molecular weight excluding hydrogens is 268 g/mol. The van der Waals surface area contributed by atoms with Gasteiger partial charge in [-0.1, -0.05) is 18.2 Å². The zero-order chi connectivity index (χ0) is 15.0. The normalized spacial score (nSPS) is 21.4. The van der Waals surface area contributed by atoms with Crippen LogP contribution in [0.25, 0.3) is 10.9 Å². The number of nitrogens with zero attached hydrogens (tertiary/aromatic N) is 2. The lowest BCUT2D eigenvalue weighted by atomic mass is 9.91. The molecule has 0 saturated carbocycles. The van der Waals surface area contributed by atoms with E-state index in [0.29, 0.717) is 19.4 Å². The van der Waals surface area contributed by atoms with Crippen LogP contribution in [0.1, 0.15) is 31.0 Å². The first-order chi connectivity index (χ1) is 10.0. The Hall–Kier alpha value is -1.88. The Bertz CT molecular complexity index is 692. The molecule has 0 radical (unpaired) electrons. The molecule has 0 spiro atoms. The number of fused-ring (bicyclic) bond motifs is 3. The van der Waals surface area contributed by atoms with E-state index < -0.39 is 5.60 Å². The van der Waals surface area contributed by atoms with Crippen LogP contribution in [0, 0.1) is 17.0 Å². The summed E-state index contributed by atoms with van der Waals surface area (Å²) in [5, 5.41) is 11.8. The third kappa shape index (κ3) is 2.31. The standard InChI is InChI=1S/C16H20N2O3/c1-12-13-6-3-4-7-14(13)17-10-11-21-16(2,15(12)17)8-5-9-18(19)20/h3-4,6-7H,5,8-11H2,1-2H3. The molecule has 1 aromatic heterocycles. The van der Waals surface area contributed by atoms with Gasteiger partial charge in [-0.25, -0.2) is 0 Å². The van der Waals surface area contributed by atoms with Crippen LogP contribution in [0.3, 0.4) is 0 Å². The smallest absolute Gasteiger partial charge is 0.204 e. The van der Waals surface area contributed by atoms with Gasteiger partial charge in [0.05, 0.1) is 12.3 Å². The van der Waals surface area contributed by atoms with Gasteiger partial charge < -0.3 is 9.30 Å². The van der Waals surface area contributed by atoms with E-state index in [1.807, 2.05) is 6.07 Å². The van der Waals surface area contributed by atoms with Gasteiger partial charge in [-0.2, -0.15) is 0 Å². The van der Waals surface area contributed by atoms with Crippen LogP contribution in [0.5, 0.6) is 0 Å². The van der Waals surface area contributed by atoms with Crippen molar-refractivity contribution in [3.05, 3.63) is 45.6 Å². The lowest BCUT2D eigenvalue weighted by Gasteiger charge is -2.36. The second-order valence-electron chi connectivity index (χ2n) is 5.88. The summed E-state index contributed by atoms with van der Waals surface area (Å²) in [5.41, 5.74) is 3.21. The van der Waals surface area contributed by atoms with Crippen LogP contribution >= 0.6 is 0 Å². The number of aryl methyl sites for hydroxylation is 1. The highest BCUT2D eigenvalue weighted by atomic mass is 16.6. The third-order valence-electron chi connectivity index (χ3n) is 4.45. The molecule has 5 heteroatoms. The molecule has 0 amide bonds. The molecule has 0 aliphatic carbocycles. The van der Waals surface area contributed by atoms with Gasteiger partial charge in [0, 0.05) is 28.8 Å². The Morgan fingerprint density at radius 3 is 2.95 bits per heavy atom. The second kappa shape index (κ2) is 5.15. The van der Waals surface area contributed by atoms with E-state index in [1.54, 1.807) is 0 Å². The van der Waals surface area contributed by atoms with Crippen molar-refractivity contribution in [2.45, 2.75) is 38.8 Å². The van der Waals surface area contributed by atoms with Crippen LogP contribution in [-0.2, 0) is 16.9 Å². The van der Waals surface area contributed by atoms with Crippen LogP contribution in [0.15, 0.2) is 24.3 Å². The fraction of sp³-hybridized carbons (Fsp3) is 0.500. The van der Waals surface area contributed by atoms with Gasteiger partial charge in [0.2, 0.25) is 6.54 Å². The second-order valence-corrected chi connectivity index (χ2v) is 5.88. The van der Waals surface area contributed by atoms with Gasteiger partial charge in [0.15, 0.2) is 0 Å². The van der Waals surface area contributed by atoms with Crippen molar-refractivity contribution in [3.8, 4) is 0 Å². The summed E-state index contributed by atoms with van der Waals surface area (Å²) < 4.78 is 8.36. The van der Waals surface area contributed by atoms with E-state index in [1.165, 1.54) is 22.2 Å². The van der Waals surface area contributed by atoms with Crippen LogP contribution in [0.2, 0.25) is 0 Å². The van der Waals surface area contributed by atoms with Gasteiger partial charge in [-0.05, 0) is 31.9 Å². The molecule has 2 aromatic rings. The SMILES string of the molecule is Cc1c2n(c3ccccc13)CCOC2(C)CCC[N+](=O)[O-]. The Labute approximate surface area is 123 Å². The molecule has 21 heavy (non-hydrogen) atoms. The van der Waals surface area contributed by atoms with E-state index >= 15 is 0 Å². The largest absolute Gasteiger partial charge is 0.367 e. The van der Waals surface area contributed by atoms with Crippen molar-refractivity contribution in [2.24, 2.45) is 0 Å². The Balaban J connectivity index is 2.02. The average molecular weight is 288 g/mol. The first-order valence-electron chi connectivity index (χ1n) is 7.37. The van der Waals surface area contributed by atoms with Crippen LogP contribution < -0.4 is 0 Å². The molecule has 0 N–H and O–H groups in total. The molecule has 1 aromatic carbocycles. The van der Waals surface area contributed by atoms with E-state index in [-0.39, 0.29) is 11.5 Å². The number of ether oxygens (including phenoxy) is 1. The number of rotatable bonds is 4. The summed E-state index contributed by atoms with van der Waals surface area (Å²) in [5.74, 6) is 0. The minimum atomic E-state index is -0.433. The highest BCUT2D eigenvalue weighted by Crippen LogP contribution is 2.40. The van der Waals surface area contributed by atoms with E-state index in [0.717, 1.165) is 6.54 Å². The van der Waals surface area contributed by atoms with Gasteiger partial charge in [-0.3, -0.25) is 10.1 Å². The highest BCUT2D eigenvalue weighted by Gasteiger charge is 2.36. The maximum atomic E-state index is 10.6. The molecule has 1 atom stereocenters. The fourth-order valence-corrected chi connectivity index (χ4v) is 3.56. The maximum Gasteiger partial charge on any atom is 0.204 e. The van der Waals surface area contributed by atoms with E-state index in [2.05, 4.69) is 36.6 Å². The highest BCUT2D eigenvalue weighted by molar-refractivity contribution is 5.85. The molecule has 112 valence electrons. The predicted octanol–water partition coefficient (Wildman–Crippen LogP) is 3.25. The molecule has 2 heterocycles. The minimum absolute atomic E-state index is 0.00176. The number of benzene rings is 1. The molecule has 0 saturated heterocycles. The van der Waals surface area contributed by atoms with Gasteiger partial charge >= 0.3 is 0 Å². The van der Waals surface area contributed by atoms with Crippen molar-refractivity contribution in [1.29, 1.82) is 0 Å². The number of nitro groups is 1. The first-order valence-corrected chi connectivity index (χ1v) is 7.37. The Morgan fingerprint density at radius 1 is 1.43 bits per heavy atom. The van der Waals surface area contributed by atoms with Crippen molar-refractivity contribution in [2.75, 3.05) is 13.2 Å². The van der Waals surface area contributed by atoms with Crippen LogP contribution in [0.4, 0.5) is 0 Å². The van der Waals surface area contributed by atoms with Crippen molar-refractivity contribution in [1.82, 2.24) is 4.57 Å². The summed E-state index contributed by atoms with van der Waals surface area (Å²) in [6.45, 7) is 5.67. The van der Waals surface area contributed by atoms with E-state index in [9.17, 15) is 10.1 Å². The minimum Gasteiger partial charge on any atom is -0.367 e. The molecule has 0 bridgehead atoms. The molecule has 1 unspecified atom stereocenters. The molecule has 0 fully saturated rings.